The molecule has 7 nitrogen and oxygen atoms in total. The SMILES string of the molecule is O=C(c1nc2c(C(=O)NC[C@H]3CCCNC3)ccnc2[nH]1)c1cccs1. The first-order valence-corrected chi connectivity index (χ1v) is 9.52. The van der Waals surface area contributed by atoms with Gasteiger partial charge in [-0.05, 0) is 49.4 Å². The lowest BCUT2D eigenvalue weighted by atomic mass is 10.00. The van der Waals surface area contributed by atoms with E-state index < -0.39 is 0 Å². The van der Waals surface area contributed by atoms with Crippen LogP contribution in [0.15, 0.2) is 29.8 Å². The highest BCUT2D eigenvalue weighted by atomic mass is 32.1. The van der Waals surface area contributed by atoms with Crippen molar-refractivity contribution >= 4 is 34.2 Å². The normalized spacial score (nSPS) is 17.3. The summed E-state index contributed by atoms with van der Waals surface area (Å²) < 4.78 is 0. The number of carbonyl (C=O) groups is 2. The maximum Gasteiger partial charge on any atom is 0.253 e. The van der Waals surface area contributed by atoms with Gasteiger partial charge in [-0.2, -0.15) is 0 Å². The molecule has 0 unspecified atom stereocenters. The lowest BCUT2D eigenvalue weighted by molar-refractivity contribution is 0.0945. The molecule has 1 aliphatic rings. The summed E-state index contributed by atoms with van der Waals surface area (Å²) in [5.74, 6) is 0.258. The number of rotatable bonds is 5. The van der Waals surface area contributed by atoms with Crippen molar-refractivity contribution in [1.29, 1.82) is 0 Å². The van der Waals surface area contributed by atoms with E-state index in [0.717, 1.165) is 25.9 Å². The van der Waals surface area contributed by atoms with Gasteiger partial charge in [-0.3, -0.25) is 9.59 Å². The molecule has 1 atom stereocenters. The highest BCUT2D eigenvalue weighted by molar-refractivity contribution is 7.12. The third kappa shape index (κ3) is 3.38. The maximum absolute atomic E-state index is 12.6. The van der Waals surface area contributed by atoms with Gasteiger partial charge in [-0.15, -0.1) is 11.3 Å². The molecule has 8 heteroatoms. The van der Waals surface area contributed by atoms with E-state index in [0.29, 0.717) is 34.1 Å². The largest absolute Gasteiger partial charge is 0.352 e. The number of piperidine rings is 1. The van der Waals surface area contributed by atoms with Crippen molar-refractivity contribution in [1.82, 2.24) is 25.6 Å². The van der Waals surface area contributed by atoms with Crippen molar-refractivity contribution in [3.8, 4) is 0 Å². The zero-order valence-electron chi connectivity index (χ0n) is 14.1. The molecule has 1 aliphatic heterocycles. The van der Waals surface area contributed by atoms with Crippen molar-refractivity contribution in [3.05, 3.63) is 46.0 Å². The molecule has 0 radical (unpaired) electrons. The number of aromatic nitrogens is 3. The van der Waals surface area contributed by atoms with Crippen LogP contribution in [0, 0.1) is 5.92 Å². The quantitative estimate of drug-likeness (QED) is 0.597. The van der Waals surface area contributed by atoms with Crippen LogP contribution in [-0.2, 0) is 0 Å². The molecule has 0 spiro atoms. The van der Waals surface area contributed by atoms with Crippen LogP contribution < -0.4 is 10.6 Å². The number of nitrogens with zero attached hydrogens (tertiary/aromatic N) is 2. The van der Waals surface area contributed by atoms with Crippen molar-refractivity contribution in [2.75, 3.05) is 19.6 Å². The number of aromatic amines is 1. The van der Waals surface area contributed by atoms with Crippen LogP contribution in [0.2, 0.25) is 0 Å². The second-order valence-corrected chi connectivity index (χ2v) is 7.32. The van der Waals surface area contributed by atoms with E-state index in [1.54, 1.807) is 18.3 Å². The zero-order valence-corrected chi connectivity index (χ0v) is 14.9. The van der Waals surface area contributed by atoms with Crippen LogP contribution in [0.5, 0.6) is 0 Å². The van der Waals surface area contributed by atoms with Gasteiger partial charge in [0.2, 0.25) is 5.78 Å². The van der Waals surface area contributed by atoms with E-state index >= 15 is 0 Å². The first-order chi connectivity index (χ1) is 12.7. The monoisotopic (exact) mass is 369 g/mol. The highest BCUT2D eigenvalue weighted by Gasteiger charge is 2.20. The highest BCUT2D eigenvalue weighted by Crippen LogP contribution is 2.18. The summed E-state index contributed by atoms with van der Waals surface area (Å²) >= 11 is 1.36. The Bertz CT molecular complexity index is 928. The van der Waals surface area contributed by atoms with Gasteiger partial charge < -0.3 is 15.6 Å². The molecule has 0 aromatic carbocycles. The molecule has 0 saturated carbocycles. The zero-order chi connectivity index (χ0) is 17.9. The number of nitrogens with one attached hydrogen (secondary N) is 3. The minimum absolute atomic E-state index is 0.190. The second kappa shape index (κ2) is 7.35. The van der Waals surface area contributed by atoms with Gasteiger partial charge in [0.15, 0.2) is 11.5 Å². The molecule has 3 N–H and O–H groups in total. The lowest BCUT2D eigenvalue weighted by Crippen LogP contribution is -2.38. The number of pyridine rings is 1. The molecule has 1 saturated heterocycles. The summed E-state index contributed by atoms with van der Waals surface area (Å²) in [5, 5.41) is 8.17. The van der Waals surface area contributed by atoms with E-state index in [1.807, 2.05) is 11.4 Å². The molecule has 4 rings (SSSR count). The fourth-order valence-corrected chi connectivity index (χ4v) is 3.82. The Balaban J connectivity index is 1.55. The van der Waals surface area contributed by atoms with E-state index in [1.165, 1.54) is 11.3 Å². The maximum atomic E-state index is 12.6. The van der Waals surface area contributed by atoms with Gasteiger partial charge in [-0.1, -0.05) is 6.07 Å². The smallest absolute Gasteiger partial charge is 0.253 e. The Labute approximate surface area is 154 Å². The van der Waals surface area contributed by atoms with Crippen LogP contribution in [-0.4, -0.2) is 46.3 Å². The van der Waals surface area contributed by atoms with Crippen LogP contribution in [0.1, 0.15) is 38.7 Å². The summed E-state index contributed by atoms with van der Waals surface area (Å²) in [4.78, 5) is 37.2. The Morgan fingerprint density at radius 2 is 2.27 bits per heavy atom. The van der Waals surface area contributed by atoms with Crippen LogP contribution in [0.4, 0.5) is 0 Å². The number of imidazole rings is 1. The molecule has 1 amide bonds. The van der Waals surface area contributed by atoms with Crippen LogP contribution >= 0.6 is 11.3 Å². The number of ketones is 1. The molecular formula is C18H19N5O2S. The van der Waals surface area contributed by atoms with Gasteiger partial charge in [0.1, 0.15) is 5.52 Å². The molecule has 0 bridgehead atoms. The van der Waals surface area contributed by atoms with Gasteiger partial charge in [0.05, 0.1) is 10.4 Å². The fraction of sp³-hybridized carbons (Fsp3) is 0.333. The summed E-state index contributed by atoms with van der Waals surface area (Å²) in [6.07, 6.45) is 3.80. The van der Waals surface area contributed by atoms with Crippen molar-refractivity contribution in [2.24, 2.45) is 5.92 Å². The van der Waals surface area contributed by atoms with E-state index in [9.17, 15) is 9.59 Å². The minimum Gasteiger partial charge on any atom is -0.352 e. The van der Waals surface area contributed by atoms with E-state index in [2.05, 4.69) is 25.6 Å². The predicted molar refractivity (Wildman–Crippen MR) is 99.6 cm³/mol. The average Bonchev–Trinajstić information content (AvgIpc) is 3.35. The fourth-order valence-electron chi connectivity index (χ4n) is 3.16. The minimum atomic E-state index is -0.197. The summed E-state index contributed by atoms with van der Waals surface area (Å²) in [6, 6.07) is 5.20. The molecule has 3 aromatic rings. The number of thiophene rings is 1. The summed E-state index contributed by atoms with van der Waals surface area (Å²) in [7, 11) is 0. The third-order valence-corrected chi connectivity index (χ3v) is 5.41. The first kappa shape index (κ1) is 16.9. The van der Waals surface area contributed by atoms with Gasteiger partial charge in [-0.25, -0.2) is 9.97 Å². The number of hydrogen-bond donors (Lipinski definition) is 3. The Morgan fingerprint density at radius 3 is 3.04 bits per heavy atom. The van der Waals surface area contributed by atoms with E-state index in [-0.39, 0.29) is 17.5 Å². The molecular weight excluding hydrogens is 350 g/mol. The molecule has 0 aliphatic carbocycles. The van der Waals surface area contributed by atoms with Crippen LogP contribution in [0.25, 0.3) is 11.2 Å². The number of hydrogen-bond acceptors (Lipinski definition) is 6. The Kier molecular flexibility index (Phi) is 4.77. The topological polar surface area (TPSA) is 99.8 Å². The van der Waals surface area contributed by atoms with E-state index in [4.69, 9.17) is 0 Å². The number of carbonyl (C=O) groups excluding carboxylic acids is 2. The van der Waals surface area contributed by atoms with Crippen molar-refractivity contribution < 1.29 is 9.59 Å². The van der Waals surface area contributed by atoms with Gasteiger partial charge in [0.25, 0.3) is 5.91 Å². The predicted octanol–water partition coefficient (Wildman–Crippen LogP) is 1.98. The Morgan fingerprint density at radius 1 is 1.35 bits per heavy atom. The summed E-state index contributed by atoms with van der Waals surface area (Å²) in [6.45, 7) is 2.60. The molecule has 4 heterocycles. The van der Waals surface area contributed by atoms with Crippen molar-refractivity contribution in [2.45, 2.75) is 12.8 Å². The van der Waals surface area contributed by atoms with Gasteiger partial charge in [0, 0.05) is 12.7 Å². The number of fused-ring (bicyclic) bond motifs is 1. The van der Waals surface area contributed by atoms with Gasteiger partial charge >= 0.3 is 0 Å². The van der Waals surface area contributed by atoms with Crippen molar-refractivity contribution in [3.63, 3.8) is 0 Å². The second-order valence-electron chi connectivity index (χ2n) is 6.37. The molecule has 3 aromatic heterocycles. The number of amides is 1. The molecule has 1 fully saturated rings. The lowest BCUT2D eigenvalue weighted by Gasteiger charge is -2.22. The standard InChI is InChI=1S/C18H19N5O2S/c24-15(13-4-2-8-26-13)17-22-14-12(5-7-20-16(14)23-17)18(25)21-10-11-3-1-6-19-9-11/h2,4-5,7-8,11,19H,1,3,6,9-10H2,(H,21,25)(H,20,22,23)/t11-/m0/s1. The average molecular weight is 369 g/mol. The molecule has 134 valence electrons. The Hall–Kier alpha value is -2.58. The van der Waals surface area contributed by atoms with Crippen LogP contribution in [0.3, 0.4) is 0 Å². The number of H-pyrrole nitrogens is 1. The summed E-state index contributed by atoms with van der Waals surface area (Å²) in [5.41, 5.74) is 1.30. The molecule has 26 heavy (non-hydrogen) atoms. The first-order valence-electron chi connectivity index (χ1n) is 8.64. The third-order valence-electron chi connectivity index (χ3n) is 4.54.